The van der Waals surface area contributed by atoms with E-state index >= 15 is 0 Å². The minimum atomic E-state index is -0.604. The fraction of sp³-hybridized carbons (Fsp3) is 0.0500. The van der Waals surface area contributed by atoms with Crippen LogP contribution in [0.4, 0.5) is 5.82 Å². The zero-order valence-corrected chi connectivity index (χ0v) is 17.0. The Morgan fingerprint density at radius 2 is 1.88 bits per heavy atom. The number of hydrazone groups is 1. The maximum Gasteiger partial charge on any atom is 0.294 e. The molecule has 4 aromatic rings. The molecular formula is C20H17N9O4. The molecule has 0 fully saturated rings. The van der Waals surface area contributed by atoms with E-state index < -0.39 is 11.8 Å². The Kier molecular flexibility index (Phi) is 6.02. The number of ether oxygens (including phenoxy) is 1. The van der Waals surface area contributed by atoms with Crippen LogP contribution in [-0.2, 0) is 4.79 Å². The van der Waals surface area contributed by atoms with Crippen LogP contribution in [0.5, 0.6) is 5.75 Å². The summed E-state index contributed by atoms with van der Waals surface area (Å²) < 4.78 is 11.1. The molecule has 2 heterocycles. The van der Waals surface area contributed by atoms with Crippen LogP contribution >= 0.6 is 0 Å². The standard InChI is InChI=1S/C20H17N9O4/c21-15(30)11-32-14-8-6-12(7-9-14)10-23-25-20(31)16-17(13-4-2-1-3-5-13)29(28-24-16)19-18(22)26-33-27-19/h1-10H,11H2,(H2,21,30)(H2,22,26)(H,25,31)/b23-10-. The normalized spacial score (nSPS) is 10.9. The lowest BCUT2D eigenvalue weighted by Crippen LogP contribution is -2.20. The van der Waals surface area contributed by atoms with Gasteiger partial charge in [0.25, 0.3) is 11.8 Å². The highest BCUT2D eigenvalue weighted by Gasteiger charge is 2.24. The monoisotopic (exact) mass is 447 g/mol. The number of carbonyl (C=O) groups is 2. The summed E-state index contributed by atoms with van der Waals surface area (Å²) in [4.78, 5) is 23.6. The van der Waals surface area contributed by atoms with E-state index in [-0.39, 0.29) is 23.9 Å². The SMILES string of the molecule is NC(=O)COc1ccc(/C=N\NC(=O)c2nnn(-c3nonc3N)c2-c2ccccc2)cc1. The van der Waals surface area contributed by atoms with Crippen LogP contribution in [0.2, 0.25) is 0 Å². The summed E-state index contributed by atoms with van der Waals surface area (Å²) in [5.41, 5.74) is 14.9. The number of rotatable bonds is 8. The highest BCUT2D eigenvalue weighted by atomic mass is 16.6. The Morgan fingerprint density at radius 3 is 2.55 bits per heavy atom. The minimum Gasteiger partial charge on any atom is -0.484 e. The van der Waals surface area contributed by atoms with Crippen molar-refractivity contribution in [2.75, 3.05) is 12.3 Å². The van der Waals surface area contributed by atoms with E-state index in [0.29, 0.717) is 22.6 Å². The van der Waals surface area contributed by atoms with Gasteiger partial charge in [0.05, 0.1) is 6.21 Å². The van der Waals surface area contributed by atoms with Crippen molar-refractivity contribution in [2.24, 2.45) is 10.8 Å². The largest absolute Gasteiger partial charge is 0.484 e. The summed E-state index contributed by atoms with van der Waals surface area (Å²) in [7, 11) is 0. The van der Waals surface area contributed by atoms with Gasteiger partial charge in [-0.25, -0.2) is 10.1 Å². The second-order valence-corrected chi connectivity index (χ2v) is 6.56. The van der Waals surface area contributed by atoms with Gasteiger partial charge in [-0.05, 0) is 40.1 Å². The molecule has 33 heavy (non-hydrogen) atoms. The molecule has 166 valence electrons. The number of benzene rings is 2. The average Bonchev–Trinajstić information content (AvgIpc) is 3.45. The first kappa shape index (κ1) is 21.2. The number of nitrogen functional groups attached to an aromatic ring is 1. The van der Waals surface area contributed by atoms with E-state index in [1.165, 1.54) is 10.9 Å². The lowest BCUT2D eigenvalue weighted by atomic mass is 10.1. The fourth-order valence-corrected chi connectivity index (χ4v) is 2.80. The van der Waals surface area contributed by atoms with E-state index in [4.69, 9.17) is 16.2 Å². The molecule has 0 aliphatic carbocycles. The number of primary amides is 1. The summed E-state index contributed by atoms with van der Waals surface area (Å²) in [6.45, 7) is -0.218. The van der Waals surface area contributed by atoms with Crippen LogP contribution in [0.1, 0.15) is 16.1 Å². The maximum absolute atomic E-state index is 12.8. The van der Waals surface area contributed by atoms with Crippen LogP contribution in [0.25, 0.3) is 17.1 Å². The lowest BCUT2D eigenvalue weighted by Gasteiger charge is -2.05. The van der Waals surface area contributed by atoms with E-state index in [9.17, 15) is 9.59 Å². The number of aromatic nitrogens is 5. The number of hydrogen-bond acceptors (Lipinski definition) is 10. The third-order valence-electron chi connectivity index (χ3n) is 4.27. The minimum absolute atomic E-state index is 0.00375. The molecule has 0 aliphatic rings. The Hall–Kier alpha value is -5.07. The molecule has 13 heteroatoms. The number of carbonyl (C=O) groups excluding carboxylic acids is 2. The summed E-state index contributed by atoms with van der Waals surface area (Å²) in [5, 5.41) is 19.2. The first-order valence-corrected chi connectivity index (χ1v) is 9.47. The van der Waals surface area contributed by atoms with Gasteiger partial charge in [-0.2, -0.15) is 9.78 Å². The van der Waals surface area contributed by atoms with Crippen LogP contribution in [0.3, 0.4) is 0 Å². The van der Waals surface area contributed by atoms with Crippen LogP contribution in [0.15, 0.2) is 64.3 Å². The van der Waals surface area contributed by atoms with Gasteiger partial charge in [-0.1, -0.05) is 35.5 Å². The van der Waals surface area contributed by atoms with Crippen LogP contribution in [0, 0.1) is 0 Å². The van der Waals surface area contributed by atoms with Gasteiger partial charge < -0.3 is 16.2 Å². The van der Waals surface area contributed by atoms with Crippen molar-refractivity contribution in [3.8, 4) is 22.8 Å². The van der Waals surface area contributed by atoms with E-state index in [0.717, 1.165) is 0 Å². The molecule has 2 amide bonds. The predicted octanol–water partition coefficient (Wildman–Crippen LogP) is 0.527. The van der Waals surface area contributed by atoms with E-state index in [1.807, 2.05) is 6.07 Å². The lowest BCUT2D eigenvalue weighted by molar-refractivity contribution is -0.119. The first-order valence-electron chi connectivity index (χ1n) is 9.47. The van der Waals surface area contributed by atoms with Crippen molar-refractivity contribution in [1.29, 1.82) is 0 Å². The first-order chi connectivity index (χ1) is 16.0. The summed E-state index contributed by atoms with van der Waals surface area (Å²) in [6.07, 6.45) is 1.43. The van der Waals surface area contributed by atoms with Gasteiger partial charge >= 0.3 is 0 Å². The number of nitrogens with one attached hydrogen (secondary N) is 1. The molecule has 5 N–H and O–H groups in total. The predicted molar refractivity (Wildman–Crippen MR) is 115 cm³/mol. The quantitative estimate of drug-likeness (QED) is 0.255. The molecular weight excluding hydrogens is 430 g/mol. The molecule has 4 rings (SSSR count). The van der Waals surface area contributed by atoms with Crippen molar-refractivity contribution in [3.63, 3.8) is 0 Å². The Labute approximate surface area is 186 Å². The topological polar surface area (TPSA) is 189 Å². The number of nitrogens with two attached hydrogens (primary N) is 2. The summed E-state index contributed by atoms with van der Waals surface area (Å²) >= 11 is 0. The summed E-state index contributed by atoms with van der Waals surface area (Å²) in [6, 6.07) is 15.7. The molecule has 0 saturated carbocycles. The van der Waals surface area contributed by atoms with Crippen LogP contribution in [-0.4, -0.2) is 49.9 Å². The van der Waals surface area contributed by atoms with Gasteiger partial charge in [-0.15, -0.1) is 5.10 Å². The third kappa shape index (κ3) is 4.82. The Morgan fingerprint density at radius 1 is 1.12 bits per heavy atom. The average molecular weight is 447 g/mol. The van der Waals surface area contributed by atoms with Gasteiger partial charge in [0.15, 0.2) is 12.3 Å². The second-order valence-electron chi connectivity index (χ2n) is 6.56. The smallest absolute Gasteiger partial charge is 0.294 e. The van der Waals surface area contributed by atoms with Gasteiger partial charge in [0, 0.05) is 5.56 Å². The zero-order valence-electron chi connectivity index (χ0n) is 17.0. The van der Waals surface area contributed by atoms with E-state index in [1.54, 1.807) is 48.5 Å². The zero-order chi connectivity index (χ0) is 23.2. The van der Waals surface area contributed by atoms with Gasteiger partial charge in [0.1, 0.15) is 11.4 Å². The van der Waals surface area contributed by atoms with Crippen molar-refractivity contribution < 1.29 is 19.0 Å². The summed E-state index contributed by atoms with van der Waals surface area (Å²) in [5.74, 6) is -0.612. The van der Waals surface area contributed by atoms with Crippen molar-refractivity contribution in [2.45, 2.75) is 0 Å². The number of amides is 2. The molecule has 0 unspecified atom stereocenters. The number of anilines is 1. The molecule has 0 radical (unpaired) electrons. The fourth-order valence-electron chi connectivity index (χ4n) is 2.80. The number of nitrogens with zero attached hydrogens (tertiary/aromatic N) is 6. The molecule has 2 aromatic carbocycles. The number of hydrogen-bond donors (Lipinski definition) is 3. The molecule has 0 saturated heterocycles. The highest BCUT2D eigenvalue weighted by Crippen LogP contribution is 2.26. The Bertz CT molecular complexity index is 1300. The van der Waals surface area contributed by atoms with Crippen molar-refractivity contribution in [3.05, 3.63) is 65.9 Å². The van der Waals surface area contributed by atoms with E-state index in [2.05, 4.69) is 35.8 Å². The Balaban J connectivity index is 1.53. The van der Waals surface area contributed by atoms with Crippen molar-refractivity contribution >= 4 is 23.8 Å². The molecule has 13 nitrogen and oxygen atoms in total. The second kappa shape index (κ2) is 9.38. The molecule has 2 aromatic heterocycles. The maximum atomic E-state index is 12.8. The molecule has 0 aliphatic heterocycles. The van der Waals surface area contributed by atoms with Crippen LogP contribution < -0.4 is 21.6 Å². The molecule has 0 atom stereocenters. The molecule has 0 spiro atoms. The van der Waals surface area contributed by atoms with Gasteiger partial charge in [0.2, 0.25) is 11.6 Å². The highest BCUT2D eigenvalue weighted by molar-refractivity contribution is 5.98. The van der Waals surface area contributed by atoms with Gasteiger partial charge in [-0.3, -0.25) is 9.59 Å². The third-order valence-corrected chi connectivity index (χ3v) is 4.27. The molecule has 0 bridgehead atoms. The van der Waals surface area contributed by atoms with Crippen molar-refractivity contribution in [1.82, 2.24) is 30.7 Å².